The average molecular weight is 286 g/mol. The first kappa shape index (κ1) is 17.2. The van der Waals surface area contributed by atoms with Crippen molar-refractivity contribution in [1.29, 1.82) is 0 Å². The van der Waals surface area contributed by atoms with Crippen LogP contribution in [0.4, 0.5) is 0 Å². The molecule has 110 valence electrons. The average Bonchev–Trinajstić information content (AvgIpc) is 2.29. The zero-order valence-corrected chi connectivity index (χ0v) is 9.18. The summed E-state index contributed by atoms with van der Waals surface area (Å²) in [6, 6.07) is 0. The lowest BCUT2D eigenvalue weighted by Gasteiger charge is -2.18. The quantitative estimate of drug-likeness (QED) is 0.428. The summed E-state index contributed by atoms with van der Waals surface area (Å²) < 4.78 is 0. The summed E-state index contributed by atoms with van der Waals surface area (Å²) >= 11 is 0. The number of hydrogen-bond donors (Lipinski definition) is 4. The lowest BCUT2D eigenvalue weighted by atomic mass is 9.96. The Morgan fingerprint density at radius 1 is 0.895 bits per heavy atom. The Hall–Kier alpha value is -1.83. The first-order chi connectivity index (χ1) is 8.78. The van der Waals surface area contributed by atoms with Crippen molar-refractivity contribution >= 4 is 17.9 Å². The molecule has 1 rings (SSSR count). The second-order valence-corrected chi connectivity index (χ2v) is 3.04. The largest absolute Gasteiger partial charge is 0.481 e. The Bertz CT molecular complexity index is 293. The third kappa shape index (κ3) is 7.98. The second kappa shape index (κ2) is 8.30. The first-order valence-electron chi connectivity index (χ1n) is 4.42. The molecular weight excluding hydrogens is 276 g/mol. The minimum atomic E-state index is -2.74. The molecule has 0 aromatic heterocycles. The van der Waals surface area contributed by atoms with E-state index < -0.39 is 36.4 Å². The van der Waals surface area contributed by atoms with Crippen LogP contribution in [0.25, 0.3) is 0 Å². The van der Waals surface area contributed by atoms with Crippen LogP contribution in [0.3, 0.4) is 0 Å². The van der Waals surface area contributed by atoms with Crippen LogP contribution in [0.1, 0.15) is 12.8 Å². The lowest BCUT2D eigenvalue weighted by molar-refractivity contribution is -0.769. The van der Waals surface area contributed by atoms with Crippen molar-refractivity contribution in [2.45, 2.75) is 18.4 Å². The third-order valence-corrected chi connectivity index (χ3v) is 1.53. The van der Waals surface area contributed by atoms with Gasteiger partial charge in [0, 0.05) is 0 Å². The van der Waals surface area contributed by atoms with Crippen LogP contribution in [0, 0.1) is 0 Å². The highest BCUT2D eigenvalue weighted by molar-refractivity contribution is 5.88. The molecule has 1 fully saturated rings. The Labute approximate surface area is 104 Å². The van der Waals surface area contributed by atoms with E-state index in [1.807, 2.05) is 0 Å². The Morgan fingerprint density at radius 2 is 1.32 bits per heavy atom. The van der Waals surface area contributed by atoms with Crippen LogP contribution in [-0.4, -0.2) is 50.7 Å². The van der Waals surface area contributed by atoms with E-state index in [2.05, 4.69) is 24.9 Å². The molecule has 1 aliphatic heterocycles. The van der Waals surface area contributed by atoms with Crippen LogP contribution in [0.15, 0.2) is 0 Å². The minimum absolute atomic E-state index is 0.0694. The molecule has 0 saturated carbocycles. The maximum Gasteiger partial charge on any atom is 0.336 e. The Morgan fingerprint density at radius 3 is 1.47 bits per heavy atom. The van der Waals surface area contributed by atoms with Crippen molar-refractivity contribution in [2.75, 3.05) is 6.79 Å². The number of aliphatic hydroxyl groups is 1. The van der Waals surface area contributed by atoms with Gasteiger partial charge in [0.05, 0.1) is 12.8 Å². The molecule has 19 heavy (non-hydrogen) atoms. The summed E-state index contributed by atoms with van der Waals surface area (Å²) in [5, 5.41) is 44.9. The zero-order chi connectivity index (χ0) is 14.9. The van der Waals surface area contributed by atoms with E-state index in [9.17, 15) is 14.4 Å². The van der Waals surface area contributed by atoms with Gasteiger partial charge in [0.2, 0.25) is 6.79 Å². The van der Waals surface area contributed by atoms with Gasteiger partial charge in [-0.1, -0.05) is 0 Å². The SMILES string of the molecule is C1OOOOO1.O=C(O)CC(O)(CC(=O)O)C(=O)O. The molecule has 0 bridgehead atoms. The molecule has 0 aromatic rings. The van der Waals surface area contributed by atoms with E-state index in [0.717, 1.165) is 0 Å². The second-order valence-electron chi connectivity index (χ2n) is 3.04. The molecular formula is C7H10O12. The normalized spacial score (nSPS) is 15.0. The number of carboxylic acid groups (broad SMARTS) is 3. The number of aliphatic carboxylic acids is 3. The molecule has 1 saturated heterocycles. The molecule has 1 aliphatic rings. The number of rotatable bonds is 5. The van der Waals surface area contributed by atoms with Crippen LogP contribution >= 0.6 is 0 Å². The molecule has 0 aromatic carbocycles. The van der Waals surface area contributed by atoms with Gasteiger partial charge in [-0.15, -0.1) is 0 Å². The summed E-state index contributed by atoms with van der Waals surface area (Å²) in [6.07, 6.45) is -2.29. The van der Waals surface area contributed by atoms with Gasteiger partial charge < -0.3 is 20.4 Å². The van der Waals surface area contributed by atoms with Gasteiger partial charge in [-0.05, 0) is 15.1 Å². The van der Waals surface area contributed by atoms with Gasteiger partial charge in [0.1, 0.15) is 0 Å². The zero-order valence-electron chi connectivity index (χ0n) is 9.18. The van der Waals surface area contributed by atoms with Gasteiger partial charge in [-0.2, -0.15) is 9.78 Å². The molecule has 0 radical (unpaired) electrons. The summed E-state index contributed by atoms with van der Waals surface area (Å²) in [4.78, 5) is 38.5. The van der Waals surface area contributed by atoms with Crippen LogP contribution in [0.5, 0.6) is 0 Å². The maximum absolute atomic E-state index is 10.3. The molecule has 12 heteroatoms. The highest BCUT2D eigenvalue weighted by Crippen LogP contribution is 2.15. The maximum atomic E-state index is 10.3. The van der Waals surface area contributed by atoms with Crippen molar-refractivity contribution in [3.8, 4) is 0 Å². The fourth-order valence-electron chi connectivity index (χ4n) is 0.824. The predicted octanol–water partition coefficient (Wildman–Crippen LogP) is -1.55. The molecule has 0 atom stereocenters. The van der Waals surface area contributed by atoms with Gasteiger partial charge in [-0.25, -0.2) is 4.79 Å². The summed E-state index contributed by atoms with van der Waals surface area (Å²) in [6.45, 7) is -0.0694. The summed E-state index contributed by atoms with van der Waals surface area (Å²) in [5.74, 6) is -5.02. The topological polar surface area (TPSA) is 178 Å². The van der Waals surface area contributed by atoms with E-state index in [0.29, 0.717) is 0 Å². The number of hydrogen-bond acceptors (Lipinski definition) is 9. The van der Waals surface area contributed by atoms with E-state index in [1.54, 1.807) is 0 Å². The summed E-state index contributed by atoms with van der Waals surface area (Å²) in [7, 11) is 0. The van der Waals surface area contributed by atoms with E-state index in [-0.39, 0.29) is 6.79 Å². The van der Waals surface area contributed by atoms with Crippen molar-refractivity contribution in [3.63, 3.8) is 0 Å². The van der Waals surface area contributed by atoms with Crippen molar-refractivity contribution in [3.05, 3.63) is 0 Å². The fourth-order valence-corrected chi connectivity index (χ4v) is 0.824. The first-order valence-corrected chi connectivity index (χ1v) is 4.42. The molecule has 0 amide bonds. The van der Waals surface area contributed by atoms with Crippen molar-refractivity contribution in [1.82, 2.24) is 0 Å². The van der Waals surface area contributed by atoms with E-state index in [4.69, 9.17) is 20.4 Å². The molecule has 0 aliphatic carbocycles. The Kier molecular flexibility index (Phi) is 7.50. The molecule has 4 N–H and O–H groups in total. The van der Waals surface area contributed by atoms with Gasteiger partial charge in [-0.3, -0.25) is 9.59 Å². The van der Waals surface area contributed by atoms with Crippen LogP contribution < -0.4 is 0 Å². The molecule has 0 unspecified atom stereocenters. The predicted molar refractivity (Wildman–Crippen MR) is 47.4 cm³/mol. The van der Waals surface area contributed by atoms with E-state index >= 15 is 0 Å². The highest BCUT2D eigenvalue weighted by atomic mass is 17.8. The minimum Gasteiger partial charge on any atom is -0.481 e. The molecule has 1 heterocycles. The molecule has 12 nitrogen and oxygen atoms in total. The van der Waals surface area contributed by atoms with Crippen molar-refractivity contribution < 1.29 is 59.7 Å². The highest BCUT2D eigenvalue weighted by Gasteiger charge is 2.40. The van der Waals surface area contributed by atoms with E-state index in [1.165, 1.54) is 0 Å². The lowest BCUT2D eigenvalue weighted by Crippen LogP contribution is -2.42. The fraction of sp³-hybridized carbons (Fsp3) is 0.571. The van der Waals surface area contributed by atoms with Gasteiger partial charge in [0.15, 0.2) is 5.60 Å². The standard InChI is InChI=1S/C6H8O7.CH2O5/c7-3(8)1-6(13,5(11)12)2-4(9)10;1-2-4-6-5-3-1/h13H,1-2H2,(H,7,8)(H,9,10)(H,11,12);1H2. The van der Waals surface area contributed by atoms with Crippen molar-refractivity contribution in [2.24, 2.45) is 0 Å². The van der Waals surface area contributed by atoms with Gasteiger partial charge in [0.25, 0.3) is 0 Å². The third-order valence-electron chi connectivity index (χ3n) is 1.53. The monoisotopic (exact) mass is 286 g/mol. The number of carbonyl (C=O) groups is 3. The van der Waals surface area contributed by atoms with Crippen LogP contribution in [-0.2, 0) is 39.3 Å². The van der Waals surface area contributed by atoms with Crippen LogP contribution in [0.2, 0.25) is 0 Å². The summed E-state index contributed by atoms with van der Waals surface area (Å²) in [5.41, 5.74) is -2.74. The Balaban J connectivity index is 0.000000443. The smallest absolute Gasteiger partial charge is 0.336 e. The van der Waals surface area contributed by atoms with Gasteiger partial charge >= 0.3 is 17.9 Å². The molecule has 0 spiro atoms. The number of carboxylic acids is 3.